The SMILES string of the molecule is Cc1ncc(Br)c(=O)n1CC(=O)OC(C)C. The fourth-order valence-corrected chi connectivity index (χ4v) is 1.48. The largest absolute Gasteiger partial charge is 0.462 e. The Hall–Kier alpha value is -1.17. The Morgan fingerprint density at radius 3 is 2.81 bits per heavy atom. The Morgan fingerprint density at radius 1 is 1.62 bits per heavy atom. The number of rotatable bonds is 3. The van der Waals surface area contributed by atoms with Crippen molar-refractivity contribution in [2.24, 2.45) is 0 Å². The maximum absolute atomic E-state index is 11.7. The number of carbonyl (C=O) groups excluding carboxylic acids is 1. The molecule has 1 rings (SSSR count). The van der Waals surface area contributed by atoms with Crippen molar-refractivity contribution in [3.05, 3.63) is 26.8 Å². The van der Waals surface area contributed by atoms with Crippen LogP contribution < -0.4 is 5.56 Å². The number of aryl methyl sites for hydroxylation is 1. The van der Waals surface area contributed by atoms with Gasteiger partial charge in [0.25, 0.3) is 5.56 Å². The number of nitrogens with zero attached hydrogens (tertiary/aromatic N) is 2. The summed E-state index contributed by atoms with van der Waals surface area (Å²) in [4.78, 5) is 27.1. The minimum absolute atomic E-state index is 0.116. The van der Waals surface area contributed by atoms with E-state index in [0.717, 1.165) is 0 Å². The highest BCUT2D eigenvalue weighted by Gasteiger charge is 2.11. The minimum Gasteiger partial charge on any atom is -0.462 e. The molecule has 1 aromatic heterocycles. The molecule has 0 aromatic carbocycles. The van der Waals surface area contributed by atoms with E-state index in [1.165, 1.54) is 10.8 Å². The van der Waals surface area contributed by atoms with Gasteiger partial charge in [-0.05, 0) is 36.7 Å². The molecule has 5 nitrogen and oxygen atoms in total. The normalized spacial score (nSPS) is 10.6. The first-order chi connectivity index (χ1) is 7.41. The number of halogens is 1. The van der Waals surface area contributed by atoms with E-state index in [1.807, 2.05) is 0 Å². The third-order valence-corrected chi connectivity index (χ3v) is 2.40. The van der Waals surface area contributed by atoms with E-state index >= 15 is 0 Å². The molecule has 0 N–H and O–H groups in total. The summed E-state index contributed by atoms with van der Waals surface area (Å²) in [6.07, 6.45) is 1.23. The highest BCUT2D eigenvalue weighted by atomic mass is 79.9. The van der Waals surface area contributed by atoms with Crippen LogP contribution in [0.1, 0.15) is 19.7 Å². The van der Waals surface area contributed by atoms with Gasteiger partial charge in [-0.15, -0.1) is 0 Å². The van der Waals surface area contributed by atoms with Crippen molar-refractivity contribution in [3.8, 4) is 0 Å². The monoisotopic (exact) mass is 288 g/mol. The first kappa shape index (κ1) is 12.9. The van der Waals surface area contributed by atoms with Gasteiger partial charge in [0.15, 0.2) is 0 Å². The van der Waals surface area contributed by atoms with E-state index in [-0.39, 0.29) is 18.2 Å². The van der Waals surface area contributed by atoms with Crippen LogP contribution in [0, 0.1) is 6.92 Å². The van der Waals surface area contributed by atoms with E-state index < -0.39 is 5.97 Å². The molecule has 0 aliphatic heterocycles. The number of carbonyl (C=O) groups is 1. The van der Waals surface area contributed by atoms with Crippen LogP contribution in [0.25, 0.3) is 0 Å². The molecule has 0 unspecified atom stereocenters. The van der Waals surface area contributed by atoms with Gasteiger partial charge in [-0.3, -0.25) is 14.2 Å². The van der Waals surface area contributed by atoms with Gasteiger partial charge in [0.1, 0.15) is 16.8 Å². The summed E-state index contributed by atoms with van der Waals surface area (Å²) in [6.45, 7) is 5.06. The second kappa shape index (κ2) is 5.25. The fourth-order valence-electron chi connectivity index (χ4n) is 1.17. The second-order valence-corrected chi connectivity index (χ2v) is 4.44. The average molecular weight is 289 g/mol. The van der Waals surface area contributed by atoms with Crippen LogP contribution in [-0.2, 0) is 16.1 Å². The Kier molecular flexibility index (Phi) is 4.23. The Balaban J connectivity index is 2.93. The molecule has 0 amide bonds. The Labute approximate surface area is 102 Å². The van der Waals surface area contributed by atoms with Gasteiger partial charge in [-0.2, -0.15) is 0 Å². The van der Waals surface area contributed by atoms with Crippen LogP contribution in [0.5, 0.6) is 0 Å². The molecule has 16 heavy (non-hydrogen) atoms. The number of hydrogen-bond donors (Lipinski definition) is 0. The summed E-state index contributed by atoms with van der Waals surface area (Å²) in [7, 11) is 0. The highest BCUT2D eigenvalue weighted by molar-refractivity contribution is 9.10. The van der Waals surface area contributed by atoms with Crippen LogP contribution in [0.3, 0.4) is 0 Å². The summed E-state index contributed by atoms with van der Waals surface area (Å²) in [6, 6.07) is 0. The van der Waals surface area contributed by atoms with Gasteiger partial charge in [0.2, 0.25) is 0 Å². The molecule has 0 saturated carbocycles. The molecule has 0 aliphatic carbocycles. The lowest BCUT2D eigenvalue weighted by atomic mass is 10.4. The summed E-state index contributed by atoms with van der Waals surface area (Å²) in [5.74, 6) is 0.0361. The maximum atomic E-state index is 11.7. The van der Waals surface area contributed by atoms with Crippen LogP contribution in [0.2, 0.25) is 0 Å². The van der Waals surface area contributed by atoms with Crippen molar-refractivity contribution in [3.63, 3.8) is 0 Å². The zero-order chi connectivity index (χ0) is 12.3. The predicted molar refractivity (Wildman–Crippen MR) is 62.2 cm³/mol. The molecule has 0 saturated heterocycles. The van der Waals surface area contributed by atoms with Gasteiger partial charge < -0.3 is 4.74 Å². The standard InChI is InChI=1S/C10H13BrN2O3/c1-6(2)16-9(14)5-13-7(3)12-4-8(11)10(13)15/h4,6H,5H2,1-3H3. The van der Waals surface area contributed by atoms with Crippen molar-refractivity contribution >= 4 is 21.9 Å². The number of hydrogen-bond acceptors (Lipinski definition) is 4. The molecule has 1 aromatic rings. The summed E-state index contributed by atoms with van der Waals surface area (Å²) in [5.41, 5.74) is -0.284. The van der Waals surface area contributed by atoms with Crippen molar-refractivity contribution in [2.45, 2.75) is 33.4 Å². The predicted octanol–water partition coefficient (Wildman–Crippen LogP) is 1.27. The lowest BCUT2D eigenvalue weighted by molar-refractivity contribution is -0.148. The lowest BCUT2D eigenvalue weighted by Gasteiger charge is -2.11. The molecule has 88 valence electrons. The molecule has 0 radical (unpaired) electrons. The highest BCUT2D eigenvalue weighted by Crippen LogP contribution is 2.02. The molecular weight excluding hydrogens is 276 g/mol. The molecule has 0 fully saturated rings. The van der Waals surface area contributed by atoms with Gasteiger partial charge in [0.05, 0.1) is 6.10 Å². The fraction of sp³-hybridized carbons (Fsp3) is 0.500. The number of ether oxygens (including phenoxy) is 1. The smallest absolute Gasteiger partial charge is 0.326 e. The van der Waals surface area contributed by atoms with Gasteiger partial charge in [0, 0.05) is 6.20 Å². The van der Waals surface area contributed by atoms with Crippen molar-refractivity contribution in [1.82, 2.24) is 9.55 Å². The molecule has 0 atom stereocenters. The molecule has 0 aliphatic rings. The van der Waals surface area contributed by atoms with E-state index in [0.29, 0.717) is 10.3 Å². The van der Waals surface area contributed by atoms with Crippen molar-refractivity contribution in [2.75, 3.05) is 0 Å². The van der Waals surface area contributed by atoms with E-state index in [1.54, 1.807) is 20.8 Å². The zero-order valence-corrected chi connectivity index (χ0v) is 10.9. The van der Waals surface area contributed by atoms with Crippen molar-refractivity contribution in [1.29, 1.82) is 0 Å². The number of esters is 1. The summed E-state index contributed by atoms with van der Waals surface area (Å²) >= 11 is 3.07. The minimum atomic E-state index is -0.444. The van der Waals surface area contributed by atoms with Crippen LogP contribution in [0.15, 0.2) is 15.5 Å². The Bertz CT molecular complexity index is 454. The maximum Gasteiger partial charge on any atom is 0.326 e. The topological polar surface area (TPSA) is 61.2 Å². The third kappa shape index (κ3) is 3.16. The summed E-state index contributed by atoms with van der Waals surface area (Å²) in [5, 5.41) is 0. The second-order valence-electron chi connectivity index (χ2n) is 3.58. The Morgan fingerprint density at radius 2 is 2.25 bits per heavy atom. The van der Waals surface area contributed by atoms with E-state index in [2.05, 4.69) is 20.9 Å². The van der Waals surface area contributed by atoms with Crippen molar-refractivity contribution < 1.29 is 9.53 Å². The van der Waals surface area contributed by atoms with Gasteiger partial charge in [-0.1, -0.05) is 0 Å². The van der Waals surface area contributed by atoms with E-state index in [9.17, 15) is 9.59 Å². The van der Waals surface area contributed by atoms with Crippen LogP contribution in [-0.4, -0.2) is 21.6 Å². The van der Waals surface area contributed by atoms with Crippen LogP contribution in [0.4, 0.5) is 0 Å². The van der Waals surface area contributed by atoms with Gasteiger partial charge >= 0.3 is 5.97 Å². The average Bonchev–Trinajstić information content (AvgIpc) is 2.17. The first-order valence-electron chi connectivity index (χ1n) is 4.83. The molecular formula is C10H13BrN2O3. The molecule has 6 heteroatoms. The molecule has 0 spiro atoms. The summed E-state index contributed by atoms with van der Waals surface area (Å²) < 4.78 is 6.56. The first-order valence-corrected chi connectivity index (χ1v) is 5.62. The zero-order valence-electron chi connectivity index (χ0n) is 9.36. The van der Waals surface area contributed by atoms with Gasteiger partial charge in [-0.25, -0.2) is 4.98 Å². The third-order valence-electron chi connectivity index (χ3n) is 1.86. The lowest BCUT2D eigenvalue weighted by Crippen LogP contribution is -2.29. The number of aromatic nitrogens is 2. The molecule has 0 bridgehead atoms. The quantitative estimate of drug-likeness (QED) is 0.786. The van der Waals surface area contributed by atoms with E-state index in [4.69, 9.17) is 4.74 Å². The molecule has 1 heterocycles. The van der Waals surface area contributed by atoms with Crippen LogP contribution >= 0.6 is 15.9 Å².